The molecule has 2 unspecified atom stereocenters. The molecule has 2 fully saturated rings. The number of hydrogen-bond acceptors (Lipinski definition) is 3. The van der Waals surface area contributed by atoms with Gasteiger partial charge in [-0.3, -0.25) is 4.90 Å². The van der Waals surface area contributed by atoms with E-state index in [1.165, 1.54) is 23.2 Å². The van der Waals surface area contributed by atoms with Gasteiger partial charge >= 0.3 is 0 Å². The van der Waals surface area contributed by atoms with Gasteiger partial charge in [0.15, 0.2) is 0 Å². The number of nitrogens with zero attached hydrogens (tertiary/aromatic N) is 1. The maximum absolute atomic E-state index is 7.50. The Labute approximate surface area is 202 Å². The first-order valence-corrected chi connectivity index (χ1v) is 14.7. The lowest BCUT2D eigenvalue weighted by Gasteiger charge is -2.50. The van der Waals surface area contributed by atoms with Crippen LogP contribution in [0.3, 0.4) is 0 Å². The first-order chi connectivity index (χ1) is 14.8. The molecule has 2 aliphatic heterocycles. The van der Waals surface area contributed by atoms with Crippen molar-refractivity contribution in [3.8, 4) is 0 Å². The van der Waals surface area contributed by atoms with Gasteiger partial charge in [-0.25, -0.2) is 0 Å². The van der Waals surface area contributed by atoms with Crippen molar-refractivity contribution in [2.45, 2.75) is 61.1 Å². The van der Waals surface area contributed by atoms with Gasteiger partial charge < -0.3 is 9.16 Å². The van der Waals surface area contributed by atoms with E-state index in [1.807, 2.05) is 0 Å². The summed E-state index contributed by atoms with van der Waals surface area (Å²) in [5.41, 5.74) is -0.0795. The molecule has 2 aliphatic rings. The molecule has 3 nitrogen and oxygen atoms in total. The van der Waals surface area contributed by atoms with Gasteiger partial charge in [0.25, 0.3) is 8.32 Å². The largest absolute Gasteiger partial charge is 0.400 e. The van der Waals surface area contributed by atoms with Crippen molar-refractivity contribution in [1.29, 1.82) is 0 Å². The Bertz CT molecular complexity index is 809. The number of halogens is 1. The Morgan fingerprint density at radius 1 is 0.968 bits per heavy atom. The van der Waals surface area contributed by atoms with Gasteiger partial charge in [-0.15, -0.1) is 0 Å². The highest BCUT2D eigenvalue weighted by Crippen LogP contribution is 2.41. The van der Waals surface area contributed by atoms with Gasteiger partial charge in [-0.1, -0.05) is 104 Å². The molecule has 31 heavy (non-hydrogen) atoms. The minimum atomic E-state index is -2.59. The van der Waals surface area contributed by atoms with E-state index in [0.29, 0.717) is 6.61 Å². The van der Waals surface area contributed by atoms with Gasteiger partial charge in [0.2, 0.25) is 0 Å². The van der Waals surface area contributed by atoms with Crippen LogP contribution in [0, 0.1) is 0 Å². The summed E-state index contributed by atoms with van der Waals surface area (Å²) in [5.74, 6) is 0. The Morgan fingerprint density at radius 2 is 1.48 bits per heavy atom. The summed E-state index contributed by atoms with van der Waals surface area (Å²) in [7, 11) is -2.59. The number of piperidine rings is 1. The van der Waals surface area contributed by atoms with Crippen molar-refractivity contribution in [2.75, 3.05) is 26.3 Å². The average molecular weight is 550 g/mol. The van der Waals surface area contributed by atoms with Crippen molar-refractivity contribution in [1.82, 2.24) is 4.90 Å². The van der Waals surface area contributed by atoms with E-state index in [0.717, 1.165) is 23.6 Å². The molecule has 168 valence electrons. The Morgan fingerprint density at radius 3 is 1.97 bits per heavy atom. The quantitative estimate of drug-likeness (QED) is 0.309. The zero-order valence-corrected chi connectivity index (χ0v) is 22.5. The van der Waals surface area contributed by atoms with Crippen molar-refractivity contribution >= 4 is 41.3 Å². The lowest BCUT2D eigenvalue weighted by Crippen LogP contribution is -2.70. The molecule has 0 aromatic heterocycles. The smallest absolute Gasteiger partial charge is 0.261 e. The predicted molar refractivity (Wildman–Crippen MR) is 140 cm³/mol. The molecule has 0 N–H and O–H groups in total. The molecule has 0 radical (unpaired) electrons. The molecule has 0 amide bonds. The Hall–Kier alpha value is -0.733. The van der Waals surface area contributed by atoms with E-state index < -0.39 is 8.32 Å². The highest BCUT2D eigenvalue weighted by atomic mass is 127. The number of ether oxygens (including phenoxy) is 1. The van der Waals surface area contributed by atoms with Crippen LogP contribution in [-0.2, 0) is 9.16 Å². The second-order valence-electron chi connectivity index (χ2n) is 10.3. The lowest BCUT2D eigenvalue weighted by atomic mass is 9.93. The lowest BCUT2D eigenvalue weighted by molar-refractivity contribution is 0.0100. The van der Waals surface area contributed by atoms with Crippen LogP contribution in [0.25, 0.3) is 0 Å². The van der Waals surface area contributed by atoms with E-state index in [1.54, 1.807) is 0 Å². The number of hydrogen-bond donors (Lipinski definition) is 0. The molecule has 0 spiro atoms. The highest BCUT2D eigenvalue weighted by molar-refractivity contribution is 14.1. The molecule has 5 heteroatoms. The first-order valence-electron chi connectivity index (χ1n) is 11.5. The fourth-order valence-corrected chi connectivity index (χ4v) is 10.7. The van der Waals surface area contributed by atoms with E-state index in [2.05, 4.69) is 116 Å². The second kappa shape index (κ2) is 9.25. The maximum atomic E-state index is 7.50. The molecular weight excluding hydrogens is 513 g/mol. The van der Waals surface area contributed by atoms with Gasteiger partial charge in [0, 0.05) is 3.92 Å². The average Bonchev–Trinajstić information content (AvgIpc) is 3.14. The number of likely N-dealkylation sites (tertiary alicyclic amines) is 1. The summed E-state index contributed by atoms with van der Waals surface area (Å²) in [6, 6.07) is 21.9. The molecule has 2 atom stereocenters. The molecule has 4 rings (SSSR count). The number of benzene rings is 2. The highest BCUT2D eigenvalue weighted by Gasteiger charge is 2.56. The molecule has 0 saturated carbocycles. The molecular formula is C26H36INO2Si. The van der Waals surface area contributed by atoms with Crippen LogP contribution in [0.1, 0.15) is 40.5 Å². The summed E-state index contributed by atoms with van der Waals surface area (Å²) in [4.78, 5) is 2.65. The van der Waals surface area contributed by atoms with Crippen LogP contribution in [0.5, 0.6) is 0 Å². The zero-order chi connectivity index (χ0) is 22.1. The fraction of sp³-hybridized carbons (Fsp3) is 0.538. The van der Waals surface area contributed by atoms with Crippen molar-refractivity contribution < 1.29 is 9.16 Å². The van der Waals surface area contributed by atoms with Gasteiger partial charge in [-0.2, -0.15) is 0 Å². The normalized spacial score (nSPS) is 26.3. The summed E-state index contributed by atoms with van der Waals surface area (Å²) >= 11 is 2.61. The molecule has 0 aliphatic carbocycles. The summed E-state index contributed by atoms with van der Waals surface area (Å²) in [5, 5.41) is 2.66. The molecule has 2 aromatic rings. The maximum Gasteiger partial charge on any atom is 0.261 e. The molecule has 0 bridgehead atoms. The zero-order valence-electron chi connectivity index (χ0n) is 19.3. The molecule has 2 aromatic carbocycles. The van der Waals surface area contributed by atoms with Crippen LogP contribution in [0.4, 0.5) is 0 Å². The minimum absolute atomic E-state index is 0.0194. The predicted octanol–water partition coefficient (Wildman–Crippen LogP) is 4.62. The first kappa shape index (κ1) is 23.4. The van der Waals surface area contributed by atoms with Gasteiger partial charge in [0.05, 0.1) is 24.9 Å². The monoisotopic (exact) mass is 549 g/mol. The third kappa shape index (κ3) is 4.41. The van der Waals surface area contributed by atoms with E-state index in [-0.39, 0.29) is 16.7 Å². The van der Waals surface area contributed by atoms with Crippen LogP contribution in [0.15, 0.2) is 60.7 Å². The van der Waals surface area contributed by atoms with Crippen LogP contribution < -0.4 is 10.4 Å². The second-order valence-corrected chi connectivity index (χ2v) is 16.3. The fourth-order valence-electron chi connectivity index (χ4n) is 5.36. The standard InChI is InChI=1S/C26H36INO2Si/c1-25(2,3)31(22-11-7-5-8-12-22,23-13-9-6-10-14-23)30-24-19-29-20-26(24,4)28-17-15-21(27)16-18-28/h5-14,21,24H,15-20H2,1-4H3. The van der Waals surface area contributed by atoms with E-state index in [9.17, 15) is 0 Å². The van der Waals surface area contributed by atoms with E-state index >= 15 is 0 Å². The molecule has 2 heterocycles. The summed E-state index contributed by atoms with van der Waals surface area (Å²) < 4.78 is 14.4. The van der Waals surface area contributed by atoms with Crippen LogP contribution >= 0.6 is 22.6 Å². The summed E-state index contributed by atoms with van der Waals surface area (Å²) in [6.45, 7) is 13.1. The SMILES string of the molecule is CC1(N2CCC(I)CC2)COCC1O[Si](c1ccccc1)(c1ccccc1)C(C)(C)C. The third-order valence-electron chi connectivity index (χ3n) is 7.24. The van der Waals surface area contributed by atoms with Crippen LogP contribution in [0.2, 0.25) is 5.04 Å². The van der Waals surface area contributed by atoms with Gasteiger partial charge in [0.1, 0.15) is 0 Å². The Balaban J connectivity index is 1.78. The van der Waals surface area contributed by atoms with Crippen molar-refractivity contribution in [3.05, 3.63) is 60.7 Å². The number of rotatable bonds is 5. The van der Waals surface area contributed by atoms with Crippen LogP contribution in [-0.4, -0.2) is 55.1 Å². The van der Waals surface area contributed by atoms with Crippen molar-refractivity contribution in [2.24, 2.45) is 0 Å². The minimum Gasteiger partial charge on any atom is -0.400 e. The third-order valence-corrected chi connectivity index (χ3v) is 13.5. The number of alkyl halides is 1. The van der Waals surface area contributed by atoms with E-state index in [4.69, 9.17) is 9.16 Å². The Kier molecular flexibility index (Phi) is 6.99. The van der Waals surface area contributed by atoms with Crippen molar-refractivity contribution in [3.63, 3.8) is 0 Å². The van der Waals surface area contributed by atoms with Gasteiger partial charge in [-0.05, 0) is 48.3 Å². The topological polar surface area (TPSA) is 21.7 Å². The summed E-state index contributed by atoms with van der Waals surface area (Å²) in [6.07, 6.45) is 2.56. The molecule has 2 saturated heterocycles.